The fraction of sp³-hybridized carbons (Fsp3) is 0.625. The van der Waals surface area contributed by atoms with Crippen LogP contribution in [0.15, 0.2) is 24.3 Å². The molecule has 0 atom stereocenters. The van der Waals surface area contributed by atoms with Crippen molar-refractivity contribution in [2.45, 2.75) is 51.0 Å². The summed E-state index contributed by atoms with van der Waals surface area (Å²) >= 11 is 6.32. The van der Waals surface area contributed by atoms with Gasteiger partial charge >= 0.3 is 0 Å². The molecule has 1 nitrogen and oxygen atoms in total. The maximum Gasteiger partial charge on any atom is 0.0438 e. The van der Waals surface area contributed by atoms with Gasteiger partial charge in [-0.2, -0.15) is 0 Å². The molecule has 2 saturated carbocycles. The molecule has 0 heterocycles. The smallest absolute Gasteiger partial charge is 0.0438 e. The first kappa shape index (κ1) is 12.5. The van der Waals surface area contributed by atoms with Gasteiger partial charge in [0.2, 0.25) is 0 Å². The summed E-state index contributed by atoms with van der Waals surface area (Å²) in [5.74, 6) is 0. The summed E-state index contributed by atoms with van der Waals surface area (Å²) in [6.07, 6.45) is 9.39. The van der Waals surface area contributed by atoms with E-state index in [-0.39, 0.29) is 0 Å². The molecule has 0 aromatic heterocycles. The normalized spacial score (nSPS) is 22.3. The van der Waals surface area contributed by atoms with Crippen molar-refractivity contribution in [1.82, 2.24) is 5.32 Å². The monoisotopic (exact) mass is 263 g/mol. The molecule has 0 bridgehead atoms. The van der Waals surface area contributed by atoms with Crippen LogP contribution in [0.25, 0.3) is 0 Å². The van der Waals surface area contributed by atoms with Crippen molar-refractivity contribution >= 4 is 11.6 Å². The third kappa shape index (κ3) is 2.89. The minimum Gasteiger partial charge on any atom is -0.313 e. The number of rotatable bonds is 5. The Morgan fingerprint density at radius 2 is 1.89 bits per heavy atom. The van der Waals surface area contributed by atoms with E-state index in [4.69, 9.17) is 11.6 Å². The van der Waals surface area contributed by atoms with Crippen molar-refractivity contribution < 1.29 is 0 Å². The molecule has 2 aliphatic carbocycles. The van der Waals surface area contributed by atoms with Crippen molar-refractivity contribution in [2.24, 2.45) is 5.41 Å². The van der Waals surface area contributed by atoms with Crippen LogP contribution in [0.5, 0.6) is 0 Å². The lowest BCUT2D eigenvalue weighted by Crippen LogP contribution is -2.35. The standard InChI is InChI=1S/C16H22ClN/c17-15-6-2-1-5-13(15)11-16(9-3-4-10-16)12-18-14-7-8-14/h1-2,5-6,14,18H,3-4,7-12H2. The highest BCUT2D eigenvalue weighted by atomic mass is 35.5. The Labute approximate surface area is 115 Å². The van der Waals surface area contributed by atoms with Gasteiger partial charge in [-0.1, -0.05) is 42.6 Å². The Balaban J connectivity index is 1.70. The highest BCUT2D eigenvalue weighted by Crippen LogP contribution is 2.42. The van der Waals surface area contributed by atoms with Gasteiger partial charge in [0.25, 0.3) is 0 Å². The van der Waals surface area contributed by atoms with E-state index in [1.54, 1.807) is 0 Å². The lowest BCUT2D eigenvalue weighted by molar-refractivity contribution is 0.276. The highest BCUT2D eigenvalue weighted by molar-refractivity contribution is 6.31. The number of hydrogen-bond donors (Lipinski definition) is 1. The third-order valence-electron chi connectivity index (χ3n) is 4.53. The average Bonchev–Trinajstić information content (AvgIpc) is 3.10. The van der Waals surface area contributed by atoms with E-state index in [1.807, 2.05) is 12.1 Å². The van der Waals surface area contributed by atoms with Gasteiger partial charge in [-0.15, -0.1) is 0 Å². The molecule has 1 aromatic carbocycles. The zero-order valence-electron chi connectivity index (χ0n) is 10.9. The van der Waals surface area contributed by atoms with Crippen LogP contribution in [0.3, 0.4) is 0 Å². The lowest BCUT2D eigenvalue weighted by Gasteiger charge is -2.30. The van der Waals surface area contributed by atoms with E-state index in [1.165, 1.54) is 50.6 Å². The summed E-state index contributed by atoms with van der Waals surface area (Å²) in [6.45, 7) is 1.18. The maximum atomic E-state index is 6.32. The molecule has 2 aliphatic rings. The first-order valence-corrected chi connectivity index (χ1v) is 7.62. The van der Waals surface area contributed by atoms with Crippen LogP contribution in [-0.4, -0.2) is 12.6 Å². The average molecular weight is 264 g/mol. The molecule has 0 spiro atoms. The predicted molar refractivity (Wildman–Crippen MR) is 77.1 cm³/mol. The maximum absolute atomic E-state index is 6.32. The quantitative estimate of drug-likeness (QED) is 0.840. The number of nitrogens with one attached hydrogen (secondary N) is 1. The van der Waals surface area contributed by atoms with Crippen molar-refractivity contribution in [2.75, 3.05) is 6.54 Å². The molecular weight excluding hydrogens is 242 g/mol. The van der Waals surface area contributed by atoms with Crippen LogP contribution < -0.4 is 5.32 Å². The Bertz CT molecular complexity index is 405. The SMILES string of the molecule is Clc1ccccc1CC1(CNC2CC2)CCCC1. The summed E-state index contributed by atoms with van der Waals surface area (Å²) in [7, 11) is 0. The third-order valence-corrected chi connectivity index (χ3v) is 4.90. The molecule has 3 rings (SSSR count). The van der Waals surface area contributed by atoms with Crippen LogP contribution in [0, 0.1) is 5.41 Å². The molecule has 18 heavy (non-hydrogen) atoms. The predicted octanol–water partition coefficient (Wildman–Crippen LogP) is 4.19. The van der Waals surface area contributed by atoms with Gasteiger partial charge in [-0.25, -0.2) is 0 Å². The van der Waals surface area contributed by atoms with Gasteiger partial charge in [-0.05, 0) is 49.1 Å². The molecule has 0 unspecified atom stereocenters. The summed E-state index contributed by atoms with van der Waals surface area (Å²) in [5.41, 5.74) is 1.80. The molecule has 0 amide bonds. The fourth-order valence-corrected chi connectivity index (χ4v) is 3.44. The van der Waals surface area contributed by atoms with Gasteiger partial charge in [0, 0.05) is 17.6 Å². The first-order valence-electron chi connectivity index (χ1n) is 7.24. The summed E-state index contributed by atoms with van der Waals surface area (Å²) in [4.78, 5) is 0. The topological polar surface area (TPSA) is 12.0 Å². The second-order valence-electron chi connectivity index (χ2n) is 6.13. The summed E-state index contributed by atoms with van der Waals surface area (Å²) in [6, 6.07) is 9.16. The van der Waals surface area contributed by atoms with Crippen LogP contribution in [0.2, 0.25) is 5.02 Å². The largest absolute Gasteiger partial charge is 0.313 e. The highest BCUT2D eigenvalue weighted by Gasteiger charge is 2.35. The van der Waals surface area contributed by atoms with Crippen LogP contribution in [-0.2, 0) is 6.42 Å². The Hall–Kier alpha value is -0.530. The summed E-state index contributed by atoms with van der Waals surface area (Å²) in [5, 5.41) is 4.68. The van der Waals surface area contributed by atoms with Crippen molar-refractivity contribution in [3.63, 3.8) is 0 Å². The van der Waals surface area contributed by atoms with Crippen molar-refractivity contribution in [3.8, 4) is 0 Å². The van der Waals surface area contributed by atoms with Crippen molar-refractivity contribution in [1.29, 1.82) is 0 Å². The molecule has 0 aliphatic heterocycles. The van der Waals surface area contributed by atoms with Gasteiger partial charge in [0.1, 0.15) is 0 Å². The van der Waals surface area contributed by atoms with E-state index >= 15 is 0 Å². The Kier molecular flexibility index (Phi) is 3.63. The summed E-state index contributed by atoms with van der Waals surface area (Å²) < 4.78 is 0. The second-order valence-corrected chi connectivity index (χ2v) is 6.54. The van der Waals surface area contributed by atoms with E-state index in [0.29, 0.717) is 5.41 Å². The van der Waals surface area contributed by atoms with E-state index in [0.717, 1.165) is 17.5 Å². The Morgan fingerprint density at radius 1 is 1.17 bits per heavy atom. The molecule has 2 heteroatoms. The van der Waals surface area contributed by atoms with Gasteiger partial charge in [0.05, 0.1) is 0 Å². The molecule has 2 fully saturated rings. The van der Waals surface area contributed by atoms with E-state index in [2.05, 4.69) is 17.4 Å². The van der Waals surface area contributed by atoms with Gasteiger partial charge in [0.15, 0.2) is 0 Å². The molecule has 98 valence electrons. The second kappa shape index (κ2) is 5.22. The van der Waals surface area contributed by atoms with Crippen LogP contribution in [0.1, 0.15) is 44.1 Å². The van der Waals surface area contributed by atoms with E-state index in [9.17, 15) is 0 Å². The molecule has 1 N–H and O–H groups in total. The fourth-order valence-electron chi connectivity index (χ4n) is 3.24. The molecule has 0 saturated heterocycles. The van der Waals surface area contributed by atoms with Gasteiger partial charge in [-0.3, -0.25) is 0 Å². The minimum absolute atomic E-state index is 0.466. The van der Waals surface area contributed by atoms with Gasteiger partial charge < -0.3 is 5.32 Å². The van der Waals surface area contributed by atoms with Crippen LogP contribution in [0.4, 0.5) is 0 Å². The zero-order chi connectivity index (χ0) is 12.4. The number of benzene rings is 1. The van der Waals surface area contributed by atoms with Crippen molar-refractivity contribution in [3.05, 3.63) is 34.9 Å². The Morgan fingerprint density at radius 3 is 2.56 bits per heavy atom. The minimum atomic E-state index is 0.466. The van der Waals surface area contributed by atoms with Crippen LogP contribution >= 0.6 is 11.6 Å². The molecule has 1 aromatic rings. The lowest BCUT2D eigenvalue weighted by atomic mass is 9.80. The zero-order valence-corrected chi connectivity index (χ0v) is 11.7. The molecular formula is C16H22ClN. The number of hydrogen-bond acceptors (Lipinski definition) is 1. The van der Waals surface area contributed by atoms with E-state index < -0.39 is 0 Å². The number of halogens is 1. The first-order chi connectivity index (χ1) is 8.77. The molecule has 0 radical (unpaired) electrons.